The number of amides is 3. The summed E-state index contributed by atoms with van der Waals surface area (Å²) in [6, 6.07) is 12.6. The van der Waals surface area contributed by atoms with E-state index in [0.29, 0.717) is 45.7 Å². The second kappa shape index (κ2) is 11.4. The van der Waals surface area contributed by atoms with Gasteiger partial charge in [-0.05, 0) is 55.7 Å². The van der Waals surface area contributed by atoms with Crippen LogP contribution in [0.5, 0.6) is 11.5 Å². The van der Waals surface area contributed by atoms with Gasteiger partial charge in [0.2, 0.25) is 12.7 Å². The van der Waals surface area contributed by atoms with Crippen molar-refractivity contribution >= 4 is 52.1 Å². The summed E-state index contributed by atoms with van der Waals surface area (Å²) in [5.41, 5.74) is 7.23. The Morgan fingerprint density at radius 3 is 2.63 bits per heavy atom. The summed E-state index contributed by atoms with van der Waals surface area (Å²) < 4.78 is 11.2. The number of thiocarbonyl (C=S) groups is 1. The second-order valence-electron chi connectivity index (χ2n) is 8.13. The summed E-state index contributed by atoms with van der Waals surface area (Å²) in [5.74, 6) is 0.614. The van der Waals surface area contributed by atoms with Crippen molar-refractivity contribution in [2.45, 2.75) is 32.6 Å². The Hall–Kier alpha value is -3.37. The van der Waals surface area contributed by atoms with Gasteiger partial charge in [-0.1, -0.05) is 54.2 Å². The summed E-state index contributed by atoms with van der Waals surface area (Å²) in [4.78, 5) is 39.0. The van der Waals surface area contributed by atoms with Gasteiger partial charge in [-0.15, -0.1) is 0 Å². The van der Waals surface area contributed by atoms with Gasteiger partial charge in [0.15, 0.2) is 11.5 Å². The van der Waals surface area contributed by atoms with Crippen molar-refractivity contribution < 1.29 is 23.9 Å². The number of thioether (sulfide) groups is 1. The van der Waals surface area contributed by atoms with Crippen LogP contribution in [0.3, 0.4) is 0 Å². The predicted octanol–water partition coefficient (Wildman–Crippen LogP) is 3.95. The van der Waals surface area contributed by atoms with E-state index in [0.717, 1.165) is 17.5 Å². The van der Waals surface area contributed by atoms with Gasteiger partial charge in [0.05, 0.1) is 4.91 Å². The molecule has 0 aliphatic carbocycles. The molecule has 0 aromatic heterocycles. The van der Waals surface area contributed by atoms with E-state index in [1.165, 1.54) is 11.8 Å². The highest BCUT2D eigenvalue weighted by atomic mass is 32.2. The molecule has 0 bridgehead atoms. The number of nitrogens with one attached hydrogen (secondary N) is 2. The Labute approximate surface area is 213 Å². The van der Waals surface area contributed by atoms with Crippen molar-refractivity contribution in [3.63, 3.8) is 0 Å². The molecule has 1 saturated heterocycles. The van der Waals surface area contributed by atoms with Crippen molar-refractivity contribution in [3.05, 3.63) is 64.1 Å². The van der Waals surface area contributed by atoms with E-state index in [1.807, 2.05) is 37.3 Å². The first kappa shape index (κ1) is 24.7. The Bertz CT molecular complexity index is 1180. The molecule has 2 aliphatic heterocycles. The van der Waals surface area contributed by atoms with E-state index in [4.69, 9.17) is 21.7 Å². The van der Waals surface area contributed by atoms with Crippen LogP contribution in [0.2, 0.25) is 0 Å². The van der Waals surface area contributed by atoms with Gasteiger partial charge < -0.3 is 9.47 Å². The maximum atomic E-state index is 12.8. The zero-order chi connectivity index (χ0) is 24.8. The fourth-order valence-corrected chi connectivity index (χ4v) is 4.85. The lowest BCUT2D eigenvalue weighted by Crippen LogP contribution is -2.41. The molecule has 0 radical (unpaired) electrons. The number of hydrazine groups is 1. The van der Waals surface area contributed by atoms with Crippen molar-refractivity contribution in [2.75, 3.05) is 13.3 Å². The van der Waals surface area contributed by atoms with Gasteiger partial charge in [0.25, 0.3) is 11.8 Å². The molecule has 182 valence electrons. The normalized spacial score (nSPS) is 15.6. The number of benzene rings is 2. The lowest BCUT2D eigenvalue weighted by molar-refractivity contribution is -0.123. The number of rotatable bonds is 8. The number of carbonyl (C=O) groups excluding carboxylic acids is 3. The SMILES string of the molecule is Cc1ccc(C(=O)NNC(=O)CCCCCN2C(=O)C(=Cc3ccc4c(c3)OCO4)SC2=S)cc1. The zero-order valence-corrected chi connectivity index (χ0v) is 20.8. The van der Waals surface area contributed by atoms with Crippen LogP contribution in [0.4, 0.5) is 0 Å². The third-order valence-electron chi connectivity index (χ3n) is 5.48. The monoisotopic (exact) mass is 511 g/mol. The molecular formula is C25H25N3O5S2. The molecule has 10 heteroatoms. The molecule has 2 N–H and O–H groups in total. The van der Waals surface area contributed by atoms with Crippen molar-refractivity contribution in [1.29, 1.82) is 0 Å². The fourth-order valence-electron chi connectivity index (χ4n) is 3.55. The quantitative estimate of drug-likeness (QED) is 0.240. The number of carbonyl (C=O) groups is 3. The Morgan fingerprint density at radius 2 is 1.83 bits per heavy atom. The predicted molar refractivity (Wildman–Crippen MR) is 138 cm³/mol. The van der Waals surface area contributed by atoms with Crippen LogP contribution in [-0.2, 0) is 9.59 Å². The molecule has 3 amide bonds. The van der Waals surface area contributed by atoms with Crippen molar-refractivity contribution in [2.24, 2.45) is 0 Å². The van der Waals surface area contributed by atoms with E-state index in [2.05, 4.69) is 10.9 Å². The smallest absolute Gasteiger partial charge is 0.269 e. The summed E-state index contributed by atoms with van der Waals surface area (Å²) in [6.45, 7) is 2.63. The van der Waals surface area contributed by atoms with Gasteiger partial charge in [-0.3, -0.25) is 30.1 Å². The topological polar surface area (TPSA) is 97.0 Å². The standard InChI is InChI=1S/C25H25N3O5S2/c1-16-6-9-18(10-7-16)23(30)27-26-22(29)5-3-2-4-12-28-24(31)21(35-25(28)34)14-17-8-11-19-20(13-17)33-15-32-19/h6-11,13-14H,2-5,12,15H2,1H3,(H,26,29)(H,27,30). The van der Waals surface area contributed by atoms with Crippen LogP contribution < -0.4 is 20.3 Å². The highest BCUT2D eigenvalue weighted by Gasteiger charge is 2.31. The number of hydrogen-bond acceptors (Lipinski definition) is 7. The van der Waals surface area contributed by atoms with Crippen LogP contribution in [-0.4, -0.2) is 40.3 Å². The minimum Gasteiger partial charge on any atom is -0.454 e. The van der Waals surface area contributed by atoms with Crippen LogP contribution in [0.25, 0.3) is 6.08 Å². The second-order valence-corrected chi connectivity index (χ2v) is 9.80. The first-order valence-corrected chi connectivity index (χ1v) is 12.4. The van der Waals surface area contributed by atoms with Crippen molar-refractivity contribution in [1.82, 2.24) is 15.8 Å². The lowest BCUT2D eigenvalue weighted by atomic mass is 10.1. The maximum absolute atomic E-state index is 12.8. The molecule has 0 saturated carbocycles. The number of hydrogen-bond donors (Lipinski definition) is 2. The lowest BCUT2D eigenvalue weighted by Gasteiger charge is -2.14. The Morgan fingerprint density at radius 1 is 1.06 bits per heavy atom. The van der Waals surface area contributed by atoms with Crippen LogP contribution in [0, 0.1) is 6.92 Å². The molecule has 2 aromatic rings. The first-order chi connectivity index (χ1) is 16.9. The van der Waals surface area contributed by atoms with E-state index in [-0.39, 0.29) is 30.9 Å². The molecular weight excluding hydrogens is 486 g/mol. The average molecular weight is 512 g/mol. The first-order valence-electron chi connectivity index (χ1n) is 11.2. The van der Waals surface area contributed by atoms with Gasteiger partial charge in [-0.2, -0.15) is 0 Å². The minimum atomic E-state index is -0.360. The molecule has 0 unspecified atom stereocenters. The zero-order valence-electron chi connectivity index (χ0n) is 19.2. The van der Waals surface area contributed by atoms with Gasteiger partial charge in [-0.25, -0.2) is 0 Å². The molecule has 35 heavy (non-hydrogen) atoms. The van der Waals surface area contributed by atoms with Gasteiger partial charge >= 0.3 is 0 Å². The molecule has 0 atom stereocenters. The highest BCUT2D eigenvalue weighted by molar-refractivity contribution is 8.26. The maximum Gasteiger partial charge on any atom is 0.269 e. The average Bonchev–Trinajstić information content (AvgIpc) is 3.42. The molecule has 4 rings (SSSR count). The number of ether oxygens (including phenoxy) is 2. The van der Waals surface area contributed by atoms with Crippen LogP contribution >= 0.6 is 24.0 Å². The third-order valence-corrected chi connectivity index (χ3v) is 6.86. The fraction of sp³-hybridized carbons (Fsp3) is 0.280. The van der Waals surface area contributed by atoms with Gasteiger partial charge in [0.1, 0.15) is 4.32 Å². The summed E-state index contributed by atoms with van der Waals surface area (Å²) >= 11 is 6.67. The number of unbranched alkanes of at least 4 members (excludes halogenated alkanes) is 2. The summed E-state index contributed by atoms with van der Waals surface area (Å²) in [6.07, 6.45) is 4.17. The molecule has 0 spiro atoms. The Kier molecular flexibility index (Phi) is 8.04. The number of aryl methyl sites for hydroxylation is 1. The van der Waals surface area contributed by atoms with Crippen LogP contribution in [0.1, 0.15) is 47.2 Å². The number of fused-ring (bicyclic) bond motifs is 1. The Balaban J connectivity index is 1.16. The molecule has 8 nitrogen and oxygen atoms in total. The molecule has 2 heterocycles. The summed E-state index contributed by atoms with van der Waals surface area (Å²) in [7, 11) is 0. The third kappa shape index (κ3) is 6.40. The molecule has 1 fully saturated rings. The number of nitrogens with zero attached hydrogens (tertiary/aromatic N) is 1. The van der Waals surface area contributed by atoms with E-state index < -0.39 is 0 Å². The minimum absolute atomic E-state index is 0.116. The van der Waals surface area contributed by atoms with Crippen LogP contribution in [0.15, 0.2) is 47.4 Å². The molecule has 2 aliphatic rings. The van der Waals surface area contributed by atoms with E-state index in [1.54, 1.807) is 23.1 Å². The highest BCUT2D eigenvalue weighted by Crippen LogP contribution is 2.36. The van der Waals surface area contributed by atoms with Crippen molar-refractivity contribution in [3.8, 4) is 11.5 Å². The van der Waals surface area contributed by atoms with Gasteiger partial charge in [0, 0.05) is 18.5 Å². The van der Waals surface area contributed by atoms with E-state index in [9.17, 15) is 14.4 Å². The molecule has 2 aromatic carbocycles. The summed E-state index contributed by atoms with van der Waals surface area (Å²) in [5, 5.41) is 0. The van der Waals surface area contributed by atoms with E-state index >= 15 is 0 Å². The largest absolute Gasteiger partial charge is 0.454 e.